The van der Waals surface area contributed by atoms with Gasteiger partial charge < -0.3 is 10.7 Å². The van der Waals surface area contributed by atoms with Gasteiger partial charge in [-0.25, -0.2) is 0 Å². The van der Waals surface area contributed by atoms with Crippen molar-refractivity contribution in [1.29, 1.82) is 0 Å². The lowest BCUT2D eigenvalue weighted by Crippen LogP contribution is -2.46. The minimum absolute atomic E-state index is 0.137. The predicted octanol–water partition coefficient (Wildman–Crippen LogP) is 2.98. The summed E-state index contributed by atoms with van der Waals surface area (Å²) in [6.45, 7) is 0. The first-order valence-corrected chi connectivity index (χ1v) is 6.11. The molecule has 0 unspecified atom stereocenters. The number of aryl methyl sites for hydroxylation is 1. The standard InChI is InChI=1S/C14H18N2/c15-14(7-3-8-14)9-6-11-10-16-13-5-2-1-4-12(11)13/h1-2,4-5,10,16H,3,6-9,15H2. The number of rotatable bonds is 3. The molecule has 0 aliphatic heterocycles. The number of hydrogen-bond acceptors (Lipinski definition) is 1. The molecule has 0 atom stereocenters. The molecule has 2 aromatic rings. The van der Waals surface area contributed by atoms with Crippen molar-refractivity contribution in [1.82, 2.24) is 4.98 Å². The van der Waals surface area contributed by atoms with E-state index in [4.69, 9.17) is 5.73 Å². The van der Waals surface area contributed by atoms with Crippen molar-refractivity contribution < 1.29 is 0 Å². The molecule has 16 heavy (non-hydrogen) atoms. The summed E-state index contributed by atoms with van der Waals surface area (Å²) in [7, 11) is 0. The molecule has 1 fully saturated rings. The summed E-state index contributed by atoms with van der Waals surface area (Å²) in [6, 6.07) is 8.48. The molecule has 3 rings (SSSR count). The Bertz CT molecular complexity index is 494. The smallest absolute Gasteiger partial charge is 0.0456 e. The van der Waals surface area contributed by atoms with Crippen molar-refractivity contribution in [3.8, 4) is 0 Å². The maximum absolute atomic E-state index is 6.25. The third-order valence-electron chi connectivity index (χ3n) is 3.92. The highest BCUT2D eigenvalue weighted by molar-refractivity contribution is 5.83. The van der Waals surface area contributed by atoms with Crippen molar-refractivity contribution in [2.45, 2.75) is 37.6 Å². The zero-order chi connectivity index (χ0) is 11.0. The van der Waals surface area contributed by atoms with Gasteiger partial charge in [0.15, 0.2) is 0 Å². The summed E-state index contributed by atoms with van der Waals surface area (Å²) < 4.78 is 0. The van der Waals surface area contributed by atoms with Crippen LogP contribution in [0.5, 0.6) is 0 Å². The zero-order valence-corrected chi connectivity index (χ0v) is 9.50. The van der Waals surface area contributed by atoms with Crippen molar-refractivity contribution in [2.75, 3.05) is 0 Å². The fourth-order valence-corrected chi connectivity index (χ4v) is 2.60. The highest BCUT2D eigenvalue weighted by atomic mass is 14.8. The lowest BCUT2D eigenvalue weighted by Gasteiger charge is -2.38. The van der Waals surface area contributed by atoms with Gasteiger partial charge in [0.1, 0.15) is 0 Å². The Labute approximate surface area is 95.8 Å². The van der Waals surface area contributed by atoms with E-state index in [1.165, 1.54) is 35.7 Å². The molecule has 2 heteroatoms. The highest BCUT2D eigenvalue weighted by Crippen LogP contribution is 2.33. The minimum atomic E-state index is 0.137. The van der Waals surface area contributed by atoms with E-state index in [1.54, 1.807) is 0 Å². The van der Waals surface area contributed by atoms with Gasteiger partial charge in [-0.15, -0.1) is 0 Å². The lowest BCUT2D eigenvalue weighted by atomic mass is 9.74. The Morgan fingerprint density at radius 2 is 2.06 bits per heavy atom. The molecule has 0 amide bonds. The molecular weight excluding hydrogens is 196 g/mol. The van der Waals surface area contributed by atoms with Crippen LogP contribution in [-0.4, -0.2) is 10.5 Å². The van der Waals surface area contributed by atoms with E-state index in [0.717, 1.165) is 12.8 Å². The lowest BCUT2D eigenvalue weighted by molar-refractivity contribution is 0.232. The zero-order valence-electron chi connectivity index (χ0n) is 9.50. The number of hydrogen-bond donors (Lipinski definition) is 2. The summed E-state index contributed by atoms with van der Waals surface area (Å²) in [4.78, 5) is 3.32. The molecule has 1 aliphatic rings. The van der Waals surface area contributed by atoms with E-state index in [2.05, 4.69) is 35.4 Å². The van der Waals surface area contributed by atoms with E-state index in [9.17, 15) is 0 Å². The first kappa shape index (κ1) is 9.91. The maximum atomic E-state index is 6.25. The Balaban J connectivity index is 1.79. The van der Waals surface area contributed by atoms with Crippen molar-refractivity contribution in [2.24, 2.45) is 5.73 Å². The van der Waals surface area contributed by atoms with Gasteiger partial charge in [-0.2, -0.15) is 0 Å². The first-order valence-electron chi connectivity index (χ1n) is 6.11. The molecule has 0 bridgehead atoms. The Morgan fingerprint density at radius 1 is 1.25 bits per heavy atom. The second kappa shape index (κ2) is 3.63. The molecular formula is C14H18N2. The van der Waals surface area contributed by atoms with E-state index < -0.39 is 0 Å². The van der Waals surface area contributed by atoms with E-state index in [1.807, 2.05) is 0 Å². The van der Waals surface area contributed by atoms with Gasteiger partial charge in [-0.3, -0.25) is 0 Å². The van der Waals surface area contributed by atoms with Crippen LogP contribution in [0, 0.1) is 0 Å². The number of fused-ring (bicyclic) bond motifs is 1. The number of nitrogens with two attached hydrogens (primary N) is 1. The first-order chi connectivity index (χ1) is 7.77. The number of aromatic amines is 1. The van der Waals surface area contributed by atoms with Gasteiger partial charge in [0, 0.05) is 22.6 Å². The van der Waals surface area contributed by atoms with Gasteiger partial charge in [0.25, 0.3) is 0 Å². The fourth-order valence-electron chi connectivity index (χ4n) is 2.60. The van der Waals surface area contributed by atoms with Gasteiger partial charge in [0.2, 0.25) is 0 Å². The molecule has 84 valence electrons. The second-order valence-electron chi connectivity index (χ2n) is 5.08. The third-order valence-corrected chi connectivity index (χ3v) is 3.92. The molecule has 1 heterocycles. The topological polar surface area (TPSA) is 41.8 Å². The number of para-hydroxylation sites is 1. The van der Waals surface area contributed by atoms with Crippen molar-refractivity contribution in [3.63, 3.8) is 0 Å². The normalized spacial score (nSPS) is 18.6. The second-order valence-corrected chi connectivity index (χ2v) is 5.08. The molecule has 0 spiro atoms. The van der Waals surface area contributed by atoms with Gasteiger partial charge in [-0.1, -0.05) is 18.2 Å². The van der Waals surface area contributed by atoms with Crippen LogP contribution in [0.1, 0.15) is 31.2 Å². The van der Waals surface area contributed by atoms with Crippen molar-refractivity contribution >= 4 is 10.9 Å². The molecule has 1 aromatic heterocycles. The predicted molar refractivity (Wildman–Crippen MR) is 67.4 cm³/mol. The van der Waals surface area contributed by atoms with Crippen LogP contribution in [0.2, 0.25) is 0 Å². The number of aromatic nitrogens is 1. The van der Waals surface area contributed by atoms with E-state index in [-0.39, 0.29) is 5.54 Å². The minimum Gasteiger partial charge on any atom is -0.361 e. The number of H-pyrrole nitrogens is 1. The summed E-state index contributed by atoms with van der Waals surface area (Å²) in [5, 5.41) is 1.35. The van der Waals surface area contributed by atoms with Crippen LogP contribution in [0.4, 0.5) is 0 Å². The van der Waals surface area contributed by atoms with Gasteiger partial charge in [0.05, 0.1) is 0 Å². The van der Waals surface area contributed by atoms with E-state index in [0.29, 0.717) is 0 Å². The van der Waals surface area contributed by atoms with Crippen LogP contribution in [-0.2, 0) is 6.42 Å². The molecule has 2 nitrogen and oxygen atoms in total. The molecule has 1 saturated carbocycles. The molecule has 1 aromatic carbocycles. The van der Waals surface area contributed by atoms with Crippen LogP contribution in [0.15, 0.2) is 30.5 Å². The van der Waals surface area contributed by atoms with Crippen LogP contribution in [0.3, 0.4) is 0 Å². The quantitative estimate of drug-likeness (QED) is 0.810. The van der Waals surface area contributed by atoms with Crippen LogP contribution in [0.25, 0.3) is 10.9 Å². The molecule has 3 N–H and O–H groups in total. The third kappa shape index (κ3) is 1.63. The van der Waals surface area contributed by atoms with Crippen LogP contribution < -0.4 is 5.73 Å². The van der Waals surface area contributed by atoms with Gasteiger partial charge >= 0.3 is 0 Å². The Kier molecular flexibility index (Phi) is 2.25. The summed E-state index contributed by atoms with van der Waals surface area (Å²) in [5.41, 5.74) is 9.03. The van der Waals surface area contributed by atoms with Crippen molar-refractivity contribution in [3.05, 3.63) is 36.0 Å². The summed E-state index contributed by atoms with van der Waals surface area (Å²) in [5.74, 6) is 0. The number of nitrogens with one attached hydrogen (secondary N) is 1. The Morgan fingerprint density at radius 3 is 2.81 bits per heavy atom. The molecule has 0 radical (unpaired) electrons. The van der Waals surface area contributed by atoms with Gasteiger partial charge in [-0.05, 0) is 43.7 Å². The largest absolute Gasteiger partial charge is 0.361 e. The monoisotopic (exact) mass is 214 g/mol. The SMILES string of the molecule is NC1(CCc2c[nH]c3ccccc23)CCC1. The van der Waals surface area contributed by atoms with E-state index >= 15 is 0 Å². The fraction of sp³-hybridized carbons (Fsp3) is 0.429. The molecule has 1 aliphatic carbocycles. The summed E-state index contributed by atoms with van der Waals surface area (Å²) >= 11 is 0. The highest BCUT2D eigenvalue weighted by Gasteiger charge is 2.31. The average Bonchev–Trinajstić information content (AvgIpc) is 2.67. The molecule has 0 saturated heterocycles. The summed E-state index contributed by atoms with van der Waals surface area (Å²) in [6.07, 6.45) is 8.07. The average molecular weight is 214 g/mol. The Hall–Kier alpha value is -1.28. The van der Waals surface area contributed by atoms with Crippen LogP contribution >= 0.6 is 0 Å². The maximum Gasteiger partial charge on any atom is 0.0456 e. The number of benzene rings is 1.